The molecular formula is C16H33N5O. The van der Waals surface area contributed by atoms with E-state index in [9.17, 15) is 4.79 Å². The molecule has 1 saturated heterocycles. The highest BCUT2D eigenvalue weighted by Crippen LogP contribution is 2.12. The van der Waals surface area contributed by atoms with Crippen LogP contribution in [0.1, 0.15) is 47.0 Å². The summed E-state index contributed by atoms with van der Waals surface area (Å²) >= 11 is 0. The Balaban J connectivity index is 2.25. The molecule has 22 heavy (non-hydrogen) atoms. The first-order chi connectivity index (χ1) is 10.4. The number of amides is 1. The number of nitrogens with zero attached hydrogens (tertiary/aromatic N) is 2. The fourth-order valence-electron chi connectivity index (χ4n) is 2.64. The molecule has 0 saturated carbocycles. The van der Waals surface area contributed by atoms with Crippen molar-refractivity contribution in [3.8, 4) is 0 Å². The smallest absolute Gasteiger partial charge is 0.221 e. The average molecular weight is 311 g/mol. The summed E-state index contributed by atoms with van der Waals surface area (Å²) in [6.45, 7) is 11.3. The van der Waals surface area contributed by atoms with Gasteiger partial charge in [-0.05, 0) is 40.5 Å². The van der Waals surface area contributed by atoms with Crippen molar-refractivity contribution in [2.24, 2.45) is 4.99 Å². The molecule has 0 aromatic carbocycles. The standard InChI is InChI=1S/C16H33N5O/c1-12(2)19-15(22)6-9-18-16(17-5)20-14-7-10-21(11-8-14)13(3)4/h12-14H,6-11H2,1-5H3,(H,19,22)(H2,17,18,20). The van der Waals surface area contributed by atoms with Crippen LogP contribution in [0.3, 0.4) is 0 Å². The van der Waals surface area contributed by atoms with Crippen molar-refractivity contribution < 1.29 is 4.79 Å². The van der Waals surface area contributed by atoms with Crippen LogP contribution in [0.25, 0.3) is 0 Å². The summed E-state index contributed by atoms with van der Waals surface area (Å²) in [5.74, 6) is 0.864. The molecule has 128 valence electrons. The fourth-order valence-corrected chi connectivity index (χ4v) is 2.64. The zero-order valence-corrected chi connectivity index (χ0v) is 14.8. The first-order valence-corrected chi connectivity index (χ1v) is 8.43. The van der Waals surface area contributed by atoms with Crippen LogP contribution in [0.4, 0.5) is 0 Å². The highest BCUT2D eigenvalue weighted by molar-refractivity contribution is 5.81. The number of nitrogens with one attached hydrogen (secondary N) is 3. The summed E-state index contributed by atoms with van der Waals surface area (Å²) in [5.41, 5.74) is 0. The van der Waals surface area contributed by atoms with Crippen molar-refractivity contribution in [1.29, 1.82) is 0 Å². The molecule has 0 atom stereocenters. The van der Waals surface area contributed by atoms with Crippen molar-refractivity contribution in [2.75, 3.05) is 26.7 Å². The van der Waals surface area contributed by atoms with Crippen LogP contribution in [-0.4, -0.2) is 61.6 Å². The van der Waals surface area contributed by atoms with Crippen LogP contribution in [0.15, 0.2) is 4.99 Å². The molecule has 0 radical (unpaired) electrons. The Hall–Kier alpha value is -1.30. The number of rotatable bonds is 6. The first-order valence-electron chi connectivity index (χ1n) is 8.43. The van der Waals surface area contributed by atoms with Crippen LogP contribution >= 0.6 is 0 Å². The number of guanidine groups is 1. The second-order valence-electron chi connectivity index (χ2n) is 6.52. The zero-order valence-electron chi connectivity index (χ0n) is 14.8. The normalized spacial score (nSPS) is 17.9. The molecule has 0 aliphatic carbocycles. The quantitative estimate of drug-likeness (QED) is 0.504. The van der Waals surface area contributed by atoms with Crippen LogP contribution in [0.5, 0.6) is 0 Å². The third kappa shape index (κ3) is 7.11. The molecule has 0 aromatic heterocycles. The monoisotopic (exact) mass is 311 g/mol. The second kappa shape index (κ2) is 9.66. The molecule has 1 rings (SSSR count). The number of likely N-dealkylation sites (tertiary alicyclic amines) is 1. The Kier molecular flexibility index (Phi) is 8.24. The summed E-state index contributed by atoms with van der Waals surface area (Å²) in [6, 6.07) is 1.28. The minimum atomic E-state index is 0.0724. The van der Waals surface area contributed by atoms with E-state index in [2.05, 4.69) is 39.7 Å². The molecule has 1 aliphatic rings. The molecule has 3 N–H and O–H groups in total. The number of aliphatic imine (C=N–C) groups is 1. The van der Waals surface area contributed by atoms with Gasteiger partial charge in [0.25, 0.3) is 0 Å². The number of hydrogen-bond acceptors (Lipinski definition) is 3. The zero-order chi connectivity index (χ0) is 16.5. The highest BCUT2D eigenvalue weighted by Gasteiger charge is 2.21. The van der Waals surface area contributed by atoms with Gasteiger partial charge in [-0.15, -0.1) is 0 Å². The van der Waals surface area contributed by atoms with E-state index in [1.165, 1.54) is 0 Å². The van der Waals surface area contributed by atoms with Gasteiger partial charge in [0.05, 0.1) is 0 Å². The molecule has 1 heterocycles. The Morgan fingerprint density at radius 1 is 1.23 bits per heavy atom. The van der Waals surface area contributed by atoms with E-state index in [1.807, 2.05) is 13.8 Å². The van der Waals surface area contributed by atoms with E-state index in [4.69, 9.17) is 0 Å². The van der Waals surface area contributed by atoms with Crippen LogP contribution in [0, 0.1) is 0 Å². The van der Waals surface area contributed by atoms with Crippen molar-refractivity contribution in [3.05, 3.63) is 0 Å². The van der Waals surface area contributed by atoms with E-state index in [1.54, 1.807) is 7.05 Å². The SMILES string of the molecule is CN=C(NCCC(=O)NC(C)C)NC1CCN(C(C)C)CC1. The van der Waals surface area contributed by atoms with Crippen LogP contribution in [-0.2, 0) is 4.79 Å². The van der Waals surface area contributed by atoms with Gasteiger partial charge in [0.15, 0.2) is 5.96 Å². The van der Waals surface area contributed by atoms with E-state index in [-0.39, 0.29) is 11.9 Å². The van der Waals surface area contributed by atoms with E-state index in [0.29, 0.717) is 25.0 Å². The summed E-state index contributed by atoms with van der Waals surface area (Å²) in [7, 11) is 1.77. The number of carbonyl (C=O) groups is 1. The highest BCUT2D eigenvalue weighted by atomic mass is 16.1. The van der Waals surface area contributed by atoms with Gasteiger partial charge in [0.1, 0.15) is 0 Å². The predicted molar refractivity (Wildman–Crippen MR) is 92.1 cm³/mol. The van der Waals surface area contributed by atoms with Crippen molar-refractivity contribution in [2.45, 2.75) is 65.1 Å². The summed E-state index contributed by atoms with van der Waals surface area (Å²) < 4.78 is 0. The predicted octanol–water partition coefficient (Wildman–Crippen LogP) is 0.939. The molecule has 6 nitrogen and oxygen atoms in total. The van der Waals surface area contributed by atoms with Gasteiger partial charge in [0.2, 0.25) is 5.91 Å². The van der Waals surface area contributed by atoms with E-state index >= 15 is 0 Å². The summed E-state index contributed by atoms with van der Waals surface area (Å²) in [4.78, 5) is 18.3. The Morgan fingerprint density at radius 3 is 2.36 bits per heavy atom. The molecule has 0 bridgehead atoms. The molecule has 1 amide bonds. The summed E-state index contributed by atoms with van der Waals surface area (Å²) in [5, 5.41) is 9.57. The third-order valence-electron chi connectivity index (χ3n) is 3.92. The maximum Gasteiger partial charge on any atom is 0.221 e. The van der Waals surface area contributed by atoms with Gasteiger partial charge in [-0.25, -0.2) is 0 Å². The fraction of sp³-hybridized carbons (Fsp3) is 0.875. The lowest BCUT2D eigenvalue weighted by atomic mass is 10.0. The van der Waals surface area contributed by atoms with Crippen molar-refractivity contribution in [1.82, 2.24) is 20.9 Å². The largest absolute Gasteiger partial charge is 0.356 e. The van der Waals surface area contributed by atoms with Gasteiger partial charge >= 0.3 is 0 Å². The first kappa shape index (κ1) is 18.7. The van der Waals surface area contributed by atoms with Crippen molar-refractivity contribution >= 4 is 11.9 Å². The minimum absolute atomic E-state index is 0.0724. The molecule has 0 aromatic rings. The molecule has 0 unspecified atom stereocenters. The number of carbonyl (C=O) groups excluding carboxylic acids is 1. The maximum absolute atomic E-state index is 11.6. The Labute approximate surface area is 135 Å². The molecule has 1 aliphatic heterocycles. The van der Waals surface area contributed by atoms with Crippen LogP contribution < -0.4 is 16.0 Å². The lowest BCUT2D eigenvalue weighted by molar-refractivity contribution is -0.121. The number of hydrogen-bond donors (Lipinski definition) is 3. The lowest BCUT2D eigenvalue weighted by Crippen LogP contribution is -2.50. The molecule has 1 fully saturated rings. The second-order valence-corrected chi connectivity index (χ2v) is 6.52. The average Bonchev–Trinajstić information content (AvgIpc) is 2.45. The maximum atomic E-state index is 11.6. The Morgan fingerprint density at radius 2 is 1.86 bits per heavy atom. The molecule has 6 heteroatoms. The lowest BCUT2D eigenvalue weighted by Gasteiger charge is -2.35. The van der Waals surface area contributed by atoms with Gasteiger partial charge in [-0.1, -0.05) is 0 Å². The minimum Gasteiger partial charge on any atom is -0.356 e. The third-order valence-corrected chi connectivity index (χ3v) is 3.92. The van der Waals surface area contributed by atoms with Gasteiger partial charge in [0, 0.05) is 51.2 Å². The van der Waals surface area contributed by atoms with Crippen molar-refractivity contribution in [3.63, 3.8) is 0 Å². The van der Waals surface area contributed by atoms with Crippen LogP contribution in [0.2, 0.25) is 0 Å². The number of piperidine rings is 1. The van der Waals surface area contributed by atoms with Gasteiger partial charge < -0.3 is 20.9 Å². The molecule has 0 spiro atoms. The summed E-state index contributed by atoms with van der Waals surface area (Å²) in [6.07, 6.45) is 2.73. The molecular weight excluding hydrogens is 278 g/mol. The van der Waals surface area contributed by atoms with Gasteiger partial charge in [-0.3, -0.25) is 9.79 Å². The van der Waals surface area contributed by atoms with E-state index < -0.39 is 0 Å². The van der Waals surface area contributed by atoms with E-state index in [0.717, 1.165) is 31.9 Å². The topological polar surface area (TPSA) is 68.8 Å². The van der Waals surface area contributed by atoms with Gasteiger partial charge in [-0.2, -0.15) is 0 Å². The Bertz CT molecular complexity index is 360.